The first-order chi connectivity index (χ1) is 13.6. The molecule has 0 bridgehead atoms. The molecule has 5 nitrogen and oxygen atoms in total. The minimum Gasteiger partial charge on any atom is -0.349 e. The van der Waals surface area contributed by atoms with E-state index in [1.807, 2.05) is 24.3 Å². The first-order valence-corrected chi connectivity index (χ1v) is 9.59. The molecule has 0 aliphatic heterocycles. The zero-order valence-electron chi connectivity index (χ0n) is 15.1. The molecule has 1 atom stereocenters. The van der Waals surface area contributed by atoms with Crippen LogP contribution in [-0.4, -0.2) is 16.0 Å². The molecule has 144 valence electrons. The largest absolute Gasteiger partial charge is 0.349 e. The molecule has 3 aromatic rings. The highest BCUT2D eigenvalue weighted by Gasteiger charge is 2.33. The Morgan fingerprint density at radius 2 is 1.89 bits per heavy atom. The van der Waals surface area contributed by atoms with Crippen molar-refractivity contribution in [3.8, 4) is 11.4 Å². The van der Waals surface area contributed by atoms with Gasteiger partial charge in [0.1, 0.15) is 5.82 Å². The normalized spacial score (nSPS) is 14.6. The lowest BCUT2D eigenvalue weighted by Crippen LogP contribution is -2.30. The lowest BCUT2D eigenvalue weighted by atomic mass is 10.0. The van der Waals surface area contributed by atoms with Crippen molar-refractivity contribution in [2.75, 3.05) is 0 Å². The lowest BCUT2D eigenvalue weighted by Gasteiger charge is -2.18. The average Bonchev–Trinajstić information content (AvgIpc) is 3.43. The third kappa shape index (κ3) is 4.57. The SMILES string of the molecule is O=C(CCc1nc(-c2ccc(F)cc2)no1)NC(c1ccc(Cl)cc1)C1CC1. The second-order valence-electron chi connectivity index (χ2n) is 6.95. The summed E-state index contributed by atoms with van der Waals surface area (Å²) in [6, 6.07) is 13.5. The molecular weight excluding hydrogens is 381 g/mol. The minimum atomic E-state index is -0.324. The highest BCUT2D eigenvalue weighted by atomic mass is 35.5. The molecule has 1 heterocycles. The summed E-state index contributed by atoms with van der Waals surface area (Å²) in [5.74, 6) is 0.846. The number of carbonyl (C=O) groups is 1. The van der Waals surface area contributed by atoms with E-state index in [0.717, 1.165) is 18.4 Å². The molecule has 1 fully saturated rings. The summed E-state index contributed by atoms with van der Waals surface area (Å²) < 4.78 is 18.2. The quantitative estimate of drug-likeness (QED) is 0.623. The number of halogens is 2. The van der Waals surface area contributed by atoms with Gasteiger partial charge in [-0.1, -0.05) is 28.9 Å². The summed E-state index contributed by atoms with van der Waals surface area (Å²) in [6.07, 6.45) is 2.82. The van der Waals surface area contributed by atoms with Crippen LogP contribution in [0.15, 0.2) is 53.1 Å². The minimum absolute atomic E-state index is 0.00206. The number of carbonyl (C=O) groups excluding carboxylic acids is 1. The van der Waals surface area contributed by atoms with Crippen molar-refractivity contribution in [2.45, 2.75) is 31.7 Å². The fourth-order valence-corrected chi connectivity index (χ4v) is 3.24. The number of hydrogen-bond donors (Lipinski definition) is 1. The van der Waals surface area contributed by atoms with Crippen LogP contribution in [0.4, 0.5) is 4.39 Å². The molecule has 1 unspecified atom stereocenters. The van der Waals surface area contributed by atoms with Crippen molar-refractivity contribution in [3.63, 3.8) is 0 Å². The zero-order valence-corrected chi connectivity index (χ0v) is 15.8. The van der Waals surface area contributed by atoms with Gasteiger partial charge in [-0.25, -0.2) is 4.39 Å². The standard InChI is InChI=1S/C21H19ClFN3O2/c22-16-7-3-14(4-8-16)20(13-1-2-13)24-18(27)11-12-19-25-21(26-28-19)15-5-9-17(23)10-6-15/h3-10,13,20H,1-2,11-12H2,(H,24,27). The Bertz CT molecular complexity index is 953. The van der Waals surface area contributed by atoms with E-state index in [0.29, 0.717) is 34.6 Å². The van der Waals surface area contributed by atoms with Crippen molar-refractivity contribution < 1.29 is 13.7 Å². The molecule has 2 aromatic carbocycles. The number of aryl methyl sites for hydroxylation is 1. The maximum absolute atomic E-state index is 13.0. The first-order valence-electron chi connectivity index (χ1n) is 9.22. The smallest absolute Gasteiger partial charge is 0.227 e. The summed E-state index contributed by atoms with van der Waals surface area (Å²) in [6.45, 7) is 0. The highest BCUT2D eigenvalue weighted by molar-refractivity contribution is 6.30. The van der Waals surface area contributed by atoms with Gasteiger partial charge in [0, 0.05) is 23.4 Å². The Kier molecular flexibility index (Phi) is 5.39. The van der Waals surface area contributed by atoms with E-state index in [9.17, 15) is 9.18 Å². The number of nitrogens with one attached hydrogen (secondary N) is 1. The van der Waals surface area contributed by atoms with E-state index in [4.69, 9.17) is 16.1 Å². The molecule has 1 amide bonds. The van der Waals surface area contributed by atoms with Crippen LogP contribution in [0.2, 0.25) is 5.02 Å². The molecular formula is C21H19ClFN3O2. The Morgan fingerprint density at radius 1 is 1.18 bits per heavy atom. The van der Waals surface area contributed by atoms with Gasteiger partial charge in [-0.3, -0.25) is 4.79 Å². The van der Waals surface area contributed by atoms with E-state index in [1.54, 1.807) is 12.1 Å². The Hall–Kier alpha value is -2.73. The van der Waals surface area contributed by atoms with Gasteiger partial charge < -0.3 is 9.84 Å². The molecule has 1 N–H and O–H groups in total. The number of amides is 1. The number of nitrogens with zero attached hydrogens (tertiary/aromatic N) is 2. The van der Waals surface area contributed by atoms with Gasteiger partial charge in [-0.2, -0.15) is 4.98 Å². The van der Waals surface area contributed by atoms with Gasteiger partial charge in [0.15, 0.2) is 0 Å². The summed E-state index contributed by atoms with van der Waals surface area (Å²) in [4.78, 5) is 16.7. The van der Waals surface area contributed by atoms with E-state index < -0.39 is 0 Å². The van der Waals surface area contributed by atoms with Crippen LogP contribution in [0.1, 0.15) is 36.8 Å². The summed E-state index contributed by atoms with van der Waals surface area (Å²) in [5.41, 5.74) is 1.73. The van der Waals surface area contributed by atoms with Crippen LogP contribution >= 0.6 is 11.6 Å². The molecule has 1 saturated carbocycles. The molecule has 1 aromatic heterocycles. The van der Waals surface area contributed by atoms with Gasteiger partial charge in [0.2, 0.25) is 17.6 Å². The molecule has 7 heteroatoms. The maximum Gasteiger partial charge on any atom is 0.227 e. The van der Waals surface area contributed by atoms with Gasteiger partial charge >= 0.3 is 0 Å². The molecule has 0 radical (unpaired) electrons. The fourth-order valence-electron chi connectivity index (χ4n) is 3.11. The van der Waals surface area contributed by atoms with Crippen molar-refractivity contribution in [2.24, 2.45) is 5.92 Å². The van der Waals surface area contributed by atoms with Crippen molar-refractivity contribution >= 4 is 17.5 Å². The van der Waals surface area contributed by atoms with E-state index in [2.05, 4.69) is 15.5 Å². The monoisotopic (exact) mass is 399 g/mol. The second-order valence-corrected chi connectivity index (χ2v) is 7.39. The van der Waals surface area contributed by atoms with Crippen LogP contribution in [0.3, 0.4) is 0 Å². The number of aromatic nitrogens is 2. The molecule has 28 heavy (non-hydrogen) atoms. The van der Waals surface area contributed by atoms with Crippen molar-refractivity contribution in [3.05, 3.63) is 70.8 Å². The molecule has 0 saturated heterocycles. The molecule has 4 rings (SSSR count). The van der Waals surface area contributed by atoms with Gasteiger partial charge in [-0.15, -0.1) is 0 Å². The van der Waals surface area contributed by atoms with E-state index in [1.165, 1.54) is 12.1 Å². The van der Waals surface area contributed by atoms with Crippen LogP contribution in [-0.2, 0) is 11.2 Å². The second kappa shape index (κ2) is 8.10. The van der Waals surface area contributed by atoms with Gasteiger partial charge in [0.05, 0.1) is 6.04 Å². The van der Waals surface area contributed by atoms with Crippen LogP contribution < -0.4 is 5.32 Å². The van der Waals surface area contributed by atoms with Crippen molar-refractivity contribution in [1.82, 2.24) is 15.5 Å². The Labute approximate surface area is 166 Å². The maximum atomic E-state index is 13.0. The topological polar surface area (TPSA) is 68.0 Å². The summed E-state index contributed by atoms with van der Waals surface area (Å²) in [5, 5.41) is 7.69. The number of hydrogen-bond acceptors (Lipinski definition) is 4. The van der Waals surface area contributed by atoms with Gasteiger partial charge in [0.25, 0.3) is 0 Å². The van der Waals surface area contributed by atoms with E-state index >= 15 is 0 Å². The van der Waals surface area contributed by atoms with Gasteiger partial charge in [-0.05, 0) is 60.7 Å². The predicted octanol–water partition coefficient (Wildman–Crippen LogP) is 4.73. The first kappa shape index (κ1) is 18.6. The highest BCUT2D eigenvalue weighted by Crippen LogP contribution is 2.41. The molecule has 1 aliphatic rings. The fraction of sp³-hybridized carbons (Fsp3) is 0.286. The van der Waals surface area contributed by atoms with Crippen LogP contribution in [0.25, 0.3) is 11.4 Å². The number of rotatable bonds is 7. The number of benzene rings is 2. The van der Waals surface area contributed by atoms with Crippen LogP contribution in [0, 0.1) is 11.7 Å². The van der Waals surface area contributed by atoms with Crippen LogP contribution in [0.5, 0.6) is 0 Å². The Morgan fingerprint density at radius 3 is 2.57 bits per heavy atom. The predicted molar refractivity (Wildman–Crippen MR) is 103 cm³/mol. The average molecular weight is 400 g/mol. The Balaban J connectivity index is 1.35. The molecule has 0 spiro atoms. The third-order valence-electron chi connectivity index (χ3n) is 4.78. The summed E-state index contributed by atoms with van der Waals surface area (Å²) in [7, 11) is 0. The summed E-state index contributed by atoms with van der Waals surface area (Å²) >= 11 is 5.96. The zero-order chi connectivity index (χ0) is 19.5. The lowest BCUT2D eigenvalue weighted by molar-refractivity contribution is -0.122. The third-order valence-corrected chi connectivity index (χ3v) is 5.03. The van der Waals surface area contributed by atoms with Crippen molar-refractivity contribution in [1.29, 1.82) is 0 Å². The van der Waals surface area contributed by atoms with E-state index in [-0.39, 0.29) is 24.2 Å². The molecule has 1 aliphatic carbocycles.